The van der Waals surface area contributed by atoms with Gasteiger partial charge in [0.15, 0.2) is 0 Å². The first-order chi connectivity index (χ1) is 9.70. The van der Waals surface area contributed by atoms with Crippen molar-refractivity contribution < 1.29 is 14.8 Å². The van der Waals surface area contributed by atoms with Gasteiger partial charge in [-0.15, -0.1) is 0 Å². The molecule has 4 heteroatoms. The Morgan fingerprint density at radius 1 is 0.900 bits per heavy atom. The Hall–Kier alpha value is -1.78. The fraction of sp³-hybridized carbons (Fsp3) is 0.250. The zero-order chi connectivity index (χ0) is 14.4. The van der Waals surface area contributed by atoms with E-state index in [0.29, 0.717) is 5.46 Å². The van der Waals surface area contributed by atoms with Crippen molar-refractivity contribution in [1.29, 1.82) is 0 Å². The van der Waals surface area contributed by atoms with Gasteiger partial charge in [0.2, 0.25) is 0 Å². The number of hydrogen-bond acceptors (Lipinski definition) is 3. The molecule has 0 aliphatic heterocycles. The molecule has 0 heterocycles. The lowest BCUT2D eigenvalue weighted by atomic mass is 9.80. The zero-order valence-electron chi connectivity index (χ0n) is 11.6. The summed E-state index contributed by atoms with van der Waals surface area (Å²) in [6, 6.07) is 15.1. The van der Waals surface area contributed by atoms with E-state index >= 15 is 0 Å². The lowest BCUT2D eigenvalue weighted by Crippen LogP contribution is -2.29. The van der Waals surface area contributed by atoms with Crippen molar-refractivity contribution in [1.82, 2.24) is 0 Å². The quantitative estimate of drug-likeness (QED) is 0.625. The van der Waals surface area contributed by atoms with Crippen LogP contribution in [0.4, 0.5) is 0 Å². The van der Waals surface area contributed by atoms with Crippen molar-refractivity contribution >= 4 is 12.6 Å². The Balaban J connectivity index is 2.05. The van der Waals surface area contributed by atoms with E-state index in [1.165, 1.54) is 0 Å². The molecule has 0 bridgehead atoms. The molecule has 0 saturated heterocycles. The Kier molecular flexibility index (Phi) is 5.21. The van der Waals surface area contributed by atoms with Crippen LogP contribution in [0.25, 0.3) is 11.1 Å². The molecule has 0 aliphatic rings. The van der Waals surface area contributed by atoms with Crippen molar-refractivity contribution in [3.63, 3.8) is 0 Å². The summed E-state index contributed by atoms with van der Waals surface area (Å²) in [5.41, 5.74) is 2.61. The Bertz CT molecular complexity index is 520. The van der Waals surface area contributed by atoms with Crippen LogP contribution in [-0.2, 0) is 0 Å². The van der Waals surface area contributed by atoms with E-state index < -0.39 is 7.12 Å². The standard InChI is InChI=1S/C16H19BO3/c1-2-3-12-20-16-10-6-14(7-11-16)13-4-8-15(9-5-13)17(18)19/h4-11,18-19H,2-3,12H2,1H3. The Morgan fingerprint density at radius 2 is 1.45 bits per heavy atom. The van der Waals surface area contributed by atoms with Gasteiger partial charge < -0.3 is 14.8 Å². The van der Waals surface area contributed by atoms with Crippen LogP contribution in [0.15, 0.2) is 48.5 Å². The zero-order valence-corrected chi connectivity index (χ0v) is 11.6. The molecule has 2 rings (SSSR count). The Labute approximate surface area is 120 Å². The van der Waals surface area contributed by atoms with Crippen LogP contribution in [0.3, 0.4) is 0 Å². The first-order valence-electron chi connectivity index (χ1n) is 6.90. The fourth-order valence-corrected chi connectivity index (χ4v) is 1.93. The monoisotopic (exact) mass is 270 g/mol. The minimum Gasteiger partial charge on any atom is -0.494 e. The third-order valence-corrected chi connectivity index (χ3v) is 3.16. The van der Waals surface area contributed by atoms with Gasteiger partial charge in [-0.2, -0.15) is 0 Å². The molecule has 2 aromatic rings. The summed E-state index contributed by atoms with van der Waals surface area (Å²) in [4.78, 5) is 0. The smallest absolute Gasteiger partial charge is 0.488 e. The van der Waals surface area contributed by atoms with Gasteiger partial charge >= 0.3 is 7.12 Å². The molecule has 104 valence electrons. The summed E-state index contributed by atoms with van der Waals surface area (Å²) >= 11 is 0. The molecule has 3 nitrogen and oxygen atoms in total. The van der Waals surface area contributed by atoms with Gasteiger partial charge in [-0.3, -0.25) is 0 Å². The minimum absolute atomic E-state index is 0.494. The van der Waals surface area contributed by atoms with Crippen molar-refractivity contribution in [2.45, 2.75) is 19.8 Å². The van der Waals surface area contributed by atoms with Crippen LogP contribution in [0.1, 0.15) is 19.8 Å². The summed E-state index contributed by atoms with van der Waals surface area (Å²) in [6.45, 7) is 2.89. The lowest BCUT2D eigenvalue weighted by Gasteiger charge is -2.07. The molecule has 0 fully saturated rings. The highest BCUT2D eigenvalue weighted by atomic mass is 16.5. The van der Waals surface area contributed by atoms with Crippen LogP contribution in [0.2, 0.25) is 0 Å². The second kappa shape index (κ2) is 7.13. The maximum Gasteiger partial charge on any atom is 0.488 e. The largest absolute Gasteiger partial charge is 0.494 e. The third kappa shape index (κ3) is 3.86. The molecule has 0 amide bonds. The molecule has 0 aliphatic carbocycles. The highest BCUT2D eigenvalue weighted by Gasteiger charge is 2.10. The number of unbranched alkanes of at least 4 members (excludes halogenated alkanes) is 1. The molecule has 0 saturated carbocycles. The van der Waals surface area contributed by atoms with Gasteiger partial charge in [-0.05, 0) is 35.1 Å². The van der Waals surface area contributed by atoms with Gasteiger partial charge in [-0.1, -0.05) is 49.7 Å². The molecule has 0 aromatic heterocycles. The molecule has 2 aromatic carbocycles. The van der Waals surface area contributed by atoms with Crippen LogP contribution >= 0.6 is 0 Å². The topological polar surface area (TPSA) is 49.7 Å². The molecule has 2 N–H and O–H groups in total. The first-order valence-corrected chi connectivity index (χ1v) is 6.90. The van der Waals surface area contributed by atoms with Crippen molar-refractivity contribution in [2.24, 2.45) is 0 Å². The van der Waals surface area contributed by atoms with Crippen molar-refractivity contribution in [2.75, 3.05) is 6.61 Å². The highest BCUT2D eigenvalue weighted by Crippen LogP contribution is 2.21. The summed E-state index contributed by atoms with van der Waals surface area (Å²) in [6.07, 6.45) is 2.19. The molecule has 0 radical (unpaired) electrons. The van der Waals surface area contributed by atoms with E-state index in [9.17, 15) is 0 Å². The maximum atomic E-state index is 9.06. The third-order valence-electron chi connectivity index (χ3n) is 3.16. The van der Waals surface area contributed by atoms with E-state index in [2.05, 4.69) is 6.92 Å². The second-order valence-electron chi connectivity index (χ2n) is 4.72. The Morgan fingerprint density at radius 3 is 1.95 bits per heavy atom. The summed E-state index contributed by atoms with van der Waals surface area (Å²) < 4.78 is 5.62. The van der Waals surface area contributed by atoms with Gasteiger partial charge in [0, 0.05) is 0 Å². The lowest BCUT2D eigenvalue weighted by molar-refractivity contribution is 0.309. The molecule has 0 spiro atoms. The molecule has 0 unspecified atom stereocenters. The average Bonchev–Trinajstić information content (AvgIpc) is 2.48. The highest BCUT2D eigenvalue weighted by molar-refractivity contribution is 6.58. The van der Waals surface area contributed by atoms with E-state index in [-0.39, 0.29) is 0 Å². The summed E-state index contributed by atoms with van der Waals surface area (Å²) in [7, 11) is -1.42. The fourth-order valence-electron chi connectivity index (χ4n) is 1.93. The molecular formula is C16H19BO3. The van der Waals surface area contributed by atoms with Crippen molar-refractivity contribution in [3.05, 3.63) is 48.5 Å². The normalized spacial score (nSPS) is 10.3. The van der Waals surface area contributed by atoms with E-state index in [4.69, 9.17) is 14.8 Å². The van der Waals surface area contributed by atoms with Crippen LogP contribution in [-0.4, -0.2) is 23.8 Å². The van der Waals surface area contributed by atoms with Crippen LogP contribution < -0.4 is 10.2 Å². The number of ether oxygens (including phenoxy) is 1. The second-order valence-corrected chi connectivity index (χ2v) is 4.72. The van der Waals surface area contributed by atoms with E-state index in [1.807, 2.05) is 36.4 Å². The molecule has 20 heavy (non-hydrogen) atoms. The minimum atomic E-state index is -1.42. The number of hydrogen-bond donors (Lipinski definition) is 2. The van der Waals surface area contributed by atoms with E-state index in [1.54, 1.807) is 12.1 Å². The van der Waals surface area contributed by atoms with Gasteiger partial charge in [0.05, 0.1) is 6.61 Å². The molecular weight excluding hydrogens is 251 g/mol. The maximum absolute atomic E-state index is 9.06. The van der Waals surface area contributed by atoms with E-state index in [0.717, 1.165) is 36.3 Å². The average molecular weight is 270 g/mol. The number of rotatable bonds is 6. The summed E-state index contributed by atoms with van der Waals surface area (Å²) in [5.74, 6) is 0.879. The number of benzene rings is 2. The van der Waals surface area contributed by atoms with Crippen LogP contribution in [0, 0.1) is 0 Å². The predicted molar refractivity (Wildman–Crippen MR) is 82.1 cm³/mol. The van der Waals surface area contributed by atoms with Gasteiger partial charge in [0.25, 0.3) is 0 Å². The molecule has 0 atom stereocenters. The van der Waals surface area contributed by atoms with Crippen molar-refractivity contribution in [3.8, 4) is 16.9 Å². The predicted octanol–water partition coefficient (Wildman–Crippen LogP) is 2.21. The first kappa shape index (κ1) is 14.6. The van der Waals surface area contributed by atoms with Gasteiger partial charge in [0.1, 0.15) is 5.75 Å². The summed E-state index contributed by atoms with van der Waals surface area (Å²) in [5, 5.41) is 18.1. The SMILES string of the molecule is CCCCOc1ccc(-c2ccc(B(O)O)cc2)cc1. The van der Waals surface area contributed by atoms with Gasteiger partial charge in [-0.25, -0.2) is 0 Å². The van der Waals surface area contributed by atoms with Crippen LogP contribution in [0.5, 0.6) is 5.75 Å².